The Kier molecular flexibility index (Phi) is 5.04. The van der Waals surface area contributed by atoms with Gasteiger partial charge >= 0.3 is 0 Å². The van der Waals surface area contributed by atoms with E-state index < -0.39 is 48.4 Å². The molecule has 1 aliphatic heterocycles. The third kappa shape index (κ3) is 4.03. The minimum absolute atomic E-state index is 0.108. The van der Waals surface area contributed by atoms with Crippen molar-refractivity contribution in [2.24, 2.45) is 0 Å². The van der Waals surface area contributed by atoms with E-state index in [4.69, 9.17) is 0 Å². The maximum absolute atomic E-state index is 13.6. The number of hydrogen-bond acceptors (Lipinski definition) is 4. The van der Waals surface area contributed by atoms with Crippen LogP contribution in [0.25, 0.3) is 0 Å². The second-order valence-electron chi connectivity index (χ2n) is 5.25. The van der Waals surface area contributed by atoms with Crippen LogP contribution in [0, 0.1) is 17.5 Å². The number of hydrogen-bond donors (Lipinski definition) is 1. The van der Waals surface area contributed by atoms with Gasteiger partial charge in [0.25, 0.3) is 0 Å². The Morgan fingerprint density at radius 2 is 1.78 bits per heavy atom. The molecule has 1 heterocycles. The average molecular weight is 372 g/mol. The van der Waals surface area contributed by atoms with Crippen molar-refractivity contribution < 1.29 is 30.0 Å². The molecule has 130 valence electrons. The van der Waals surface area contributed by atoms with Gasteiger partial charge in [0.15, 0.2) is 17.5 Å². The zero-order chi connectivity index (χ0) is 17.4. The van der Waals surface area contributed by atoms with Gasteiger partial charge < -0.3 is 0 Å². The molecule has 1 unspecified atom stereocenters. The lowest BCUT2D eigenvalue weighted by Gasteiger charge is -2.31. The summed E-state index contributed by atoms with van der Waals surface area (Å²) in [6.07, 6.45) is 1.76. The van der Waals surface area contributed by atoms with Crippen molar-refractivity contribution in [3.8, 4) is 0 Å². The molecule has 0 bridgehead atoms. The molecule has 1 atom stereocenters. The van der Waals surface area contributed by atoms with Crippen LogP contribution in [-0.2, 0) is 20.0 Å². The molecule has 1 aliphatic rings. The molecule has 1 aromatic carbocycles. The van der Waals surface area contributed by atoms with Crippen molar-refractivity contribution in [3.63, 3.8) is 0 Å². The highest BCUT2D eigenvalue weighted by atomic mass is 32.2. The number of benzene rings is 1. The molecule has 0 saturated carbocycles. The van der Waals surface area contributed by atoms with Gasteiger partial charge in [0, 0.05) is 19.1 Å². The monoisotopic (exact) mass is 372 g/mol. The fourth-order valence-corrected chi connectivity index (χ4v) is 4.58. The lowest BCUT2D eigenvalue weighted by Crippen LogP contribution is -2.49. The van der Waals surface area contributed by atoms with Gasteiger partial charge in [-0.2, -0.15) is 0 Å². The predicted octanol–water partition coefficient (Wildman–Crippen LogP) is 0.806. The van der Waals surface area contributed by atoms with E-state index in [1.54, 1.807) is 0 Å². The second-order valence-corrected chi connectivity index (χ2v) is 8.92. The summed E-state index contributed by atoms with van der Waals surface area (Å²) in [6.45, 7) is 0.153. The molecular formula is C12H15F3N2O4S2. The van der Waals surface area contributed by atoms with Gasteiger partial charge in [0.2, 0.25) is 20.0 Å². The van der Waals surface area contributed by atoms with Crippen LogP contribution in [0.2, 0.25) is 0 Å². The van der Waals surface area contributed by atoms with E-state index in [0.717, 1.165) is 10.6 Å². The third-order valence-corrected chi connectivity index (χ3v) is 6.27. The molecule has 1 saturated heterocycles. The van der Waals surface area contributed by atoms with Gasteiger partial charge in [0.05, 0.1) is 6.26 Å². The van der Waals surface area contributed by atoms with Crippen LogP contribution < -0.4 is 4.72 Å². The van der Waals surface area contributed by atoms with Gasteiger partial charge in [0.1, 0.15) is 4.90 Å². The van der Waals surface area contributed by atoms with Crippen LogP contribution in [0.15, 0.2) is 17.0 Å². The zero-order valence-electron chi connectivity index (χ0n) is 12.1. The number of rotatable bonds is 4. The van der Waals surface area contributed by atoms with Gasteiger partial charge in [-0.1, -0.05) is 0 Å². The van der Waals surface area contributed by atoms with Crippen molar-refractivity contribution in [2.75, 3.05) is 19.3 Å². The predicted molar refractivity (Wildman–Crippen MR) is 76.1 cm³/mol. The zero-order valence-corrected chi connectivity index (χ0v) is 13.7. The molecule has 1 aromatic rings. The molecule has 0 aliphatic carbocycles. The van der Waals surface area contributed by atoms with E-state index in [-0.39, 0.29) is 13.1 Å². The van der Waals surface area contributed by atoms with Gasteiger partial charge in [-0.15, -0.1) is 0 Å². The van der Waals surface area contributed by atoms with Crippen molar-refractivity contribution >= 4 is 20.0 Å². The first-order valence-corrected chi connectivity index (χ1v) is 9.96. The molecule has 0 spiro atoms. The molecule has 1 N–H and O–H groups in total. The summed E-state index contributed by atoms with van der Waals surface area (Å²) in [5.41, 5.74) is 0. The first-order valence-electron chi connectivity index (χ1n) is 6.63. The Morgan fingerprint density at radius 3 is 2.39 bits per heavy atom. The minimum atomic E-state index is -4.45. The summed E-state index contributed by atoms with van der Waals surface area (Å²) in [6, 6.07) is 0.347. The van der Waals surface area contributed by atoms with Crippen LogP contribution in [0.5, 0.6) is 0 Å². The molecular weight excluding hydrogens is 357 g/mol. The molecule has 2 rings (SSSR count). The first kappa shape index (κ1) is 18.2. The number of halogens is 3. The lowest BCUT2D eigenvalue weighted by molar-refractivity contribution is 0.304. The Labute approximate surface area is 132 Å². The fourth-order valence-electron chi connectivity index (χ4n) is 2.34. The smallest absolute Gasteiger partial charge is 0.213 e. The maximum atomic E-state index is 13.6. The minimum Gasteiger partial charge on any atom is -0.213 e. The summed E-state index contributed by atoms with van der Waals surface area (Å²) in [4.78, 5) is -1.02. The lowest BCUT2D eigenvalue weighted by atomic mass is 10.1. The third-order valence-electron chi connectivity index (χ3n) is 3.46. The highest BCUT2D eigenvalue weighted by molar-refractivity contribution is 7.89. The summed E-state index contributed by atoms with van der Waals surface area (Å²) in [7, 11) is -7.94. The Bertz CT molecular complexity index is 812. The van der Waals surface area contributed by atoms with Crippen LogP contribution in [-0.4, -0.2) is 46.5 Å². The average Bonchev–Trinajstić information content (AvgIpc) is 2.43. The molecule has 11 heteroatoms. The van der Waals surface area contributed by atoms with Gasteiger partial charge in [-0.3, -0.25) is 0 Å². The highest BCUT2D eigenvalue weighted by Crippen LogP contribution is 2.21. The molecule has 0 radical (unpaired) electrons. The largest absolute Gasteiger partial charge is 0.243 e. The normalized spacial score (nSPS) is 20.6. The molecule has 6 nitrogen and oxygen atoms in total. The standard InChI is InChI=1S/C12H15F3N2O4S2/c1-22(18,19)17-6-2-3-8(7-17)16-23(20,21)10-5-4-9(13)11(14)12(10)15/h4-5,8,16H,2-3,6-7H2,1H3. The van der Waals surface area contributed by atoms with Gasteiger partial charge in [-0.25, -0.2) is 39.0 Å². The van der Waals surface area contributed by atoms with Crippen LogP contribution in [0.4, 0.5) is 13.2 Å². The van der Waals surface area contributed by atoms with Crippen LogP contribution >= 0.6 is 0 Å². The van der Waals surface area contributed by atoms with Crippen LogP contribution in [0.1, 0.15) is 12.8 Å². The Balaban J connectivity index is 2.24. The quantitative estimate of drug-likeness (QED) is 0.793. The molecule has 0 amide bonds. The van der Waals surface area contributed by atoms with E-state index in [1.807, 2.05) is 0 Å². The van der Waals surface area contributed by atoms with E-state index in [0.29, 0.717) is 25.0 Å². The number of nitrogens with one attached hydrogen (secondary N) is 1. The Morgan fingerprint density at radius 1 is 1.13 bits per heavy atom. The van der Waals surface area contributed by atoms with E-state index in [9.17, 15) is 30.0 Å². The molecule has 23 heavy (non-hydrogen) atoms. The van der Waals surface area contributed by atoms with E-state index in [1.165, 1.54) is 0 Å². The van der Waals surface area contributed by atoms with Crippen molar-refractivity contribution in [1.82, 2.24) is 9.03 Å². The fraction of sp³-hybridized carbons (Fsp3) is 0.500. The van der Waals surface area contributed by atoms with E-state index >= 15 is 0 Å². The summed E-state index contributed by atoms with van der Waals surface area (Å²) < 4.78 is 90.2. The van der Waals surface area contributed by atoms with Crippen LogP contribution in [0.3, 0.4) is 0 Å². The van der Waals surface area contributed by atoms with Gasteiger partial charge in [-0.05, 0) is 25.0 Å². The van der Waals surface area contributed by atoms with E-state index in [2.05, 4.69) is 4.72 Å². The summed E-state index contributed by atoms with van der Waals surface area (Å²) in [5, 5.41) is 0. The number of sulfonamides is 2. The maximum Gasteiger partial charge on any atom is 0.243 e. The number of piperidine rings is 1. The van der Waals surface area contributed by atoms with Crippen molar-refractivity contribution in [1.29, 1.82) is 0 Å². The number of nitrogens with zero attached hydrogens (tertiary/aromatic N) is 1. The van der Waals surface area contributed by atoms with Crippen molar-refractivity contribution in [3.05, 3.63) is 29.6 Å². The second kappa shape index (κ2) is 6.38. The molecule has 0 aromatic heterocycles. The first-order chi connectivity index (χ1) is 10.5. The summed E-state index contributed by atoms with van der Waals surface area (Å²) in [5.74, 6) is -5.19. The Hall–Kier alpha value is -1.17. The van der Waals surface area contributed by atoms with Crippen molar-refractivity contribution in [2.45, 2.75) is 23.8 Å². The molecule has 1 fully saturated rings. The topological polar surface area (TPSA) is 83.6 Å². The SMILES string of the molecule is CS(=O)(=O)N1CCCC(NS(=O)(=O)c2ccc(F)c(F)c2F)C1. The summed E-state index contributed by atoms with van der Waals surface area (Å²) >= 11 is 0. The highest BCUT2D eigenvalue weighted by Gasteiger charge is 2.31.